The quantitative estimate of drug-likeness (QED) is 0.410. The summed E-state index contributed by atoms with van der Waals surface area (Å²) in [5, 5.41) is 0.422. The molecule has 2 heterocycles. The Bertz CT molecular complexity index is 1060. The van der Waals surface area contributed by atoms with E-state index in [1.165, 1.54) is 0 Å². The van der Waals surface area contributed by atoms with Gasteiger partial charge < -0.3 is 9.72 Å². The van der Waals surface area contributed by atoms with Crippen LogP contribution in [0, 0.1) is 0 Å². The molecule has 0 radical (unpaired) electrons. The SMILES string of the molecule is COc1ccc(-c2[nH]c(C(S)c3ccccn3)nc2-c2ccc(Cl)cc2)cc1. The lowest BCUT2D eigenvalue weighted by Gasteiger charge is -2.06. The van der Waals surface area contributed by atoms with Crippen LogP contribution in [0.5, 0.6) is 5.75 Å². The molecule has 2 aromatic carbocycles. The zero-order valence-corrected chi connectivity index (χ0v) is 16.8. The summed E-state index contributed by atoms with van der Waals surface area (Å²) in [7, 11) is 1.65. The van der Waals surface area contributed by atoms with E-state index in [9.17, 15) is 0 Å². The number of imidazole rings is 1. The average molecular weight is 408 g/mol. The Morgan fingerprint density at radius 1 is 0.964 bits per heavy atom. The predicted molar refractivity (Wildman–Crippen MR) is 116 cm³/mol. The number of H-pyrrole nitrogens is 1. The highest BCUT2D eigenvalue weighted by Crippen LogP contribution is 2.35. The minimum Gasteiger partial charge on any atom is -0.497 e. The van der Waals surface area contributed by atoms with Crippen LogP contribution in [0.3, 0.4) is 0 Å². The van der Waals surface area contributed by atoms with E-state index in [0.717, 1.165) is 39.8 Å². The van der Waals surface area contributed by atoms with Crippen molar-refractivity contribution in [2.75, 3.05) is 7.11 Å². The second-order valence-electron chi connectivity index (χ2n) is 6.24. The molecule has 140 valence electrons. The van der Waals surface area contributed by atoms with E-state index in [0.29, 0.717) is 5.02 Å². The summed E-state index contributed by atoms with van der Waals surface area (Å²) in [4.78, 5) is 12.7. The zero-order chi connectivity index (χ0) is 19.5. The second-order valence-corrected chi connectivity index (χ2v) is 7.19. The maximum atomic E-state index is 6.06. The fraction of sp³-hybridized carbons (Fsp3) is 0.0909. The fourth-order valence-corrected chi connectivity index (χ4v) is 3.38. The Labute approximate surface area is 174 Å². The highest BCUT2D eigenvalue weighted by Gasteiger charge is 2.20. The molecule has 0 aliphatic carbocycles. The van der Waals surface area contributed by atoms with Crippen LogP contribution >= 0.6 is 24.2 Å². The van der Waals surface area contributed by atoms with Gasteiger partial charge in [0.2, 0.25) is 0 Å². The topological polar surface area (TPSA) is 50.8 Å². The van der Waals surface area contributed by atoms with E-state index >= 15 is 0 Å². The highest BCUT2D eigenvalue weighted by molar-refractivity contribution is 7.80. The third-order valence-corrected chi connectivity index (χ3v) is 5.21. The van der Waals surface area contributed by atoms with Gasteiger partial charge in [0.05, 0.1) is 24.2 Å². The van der Waals surface area contributed by atoms with Crippen molar-refractivity contribution in [2.24, 2.45) is 0 Å². The minimum atomic E-state index is -0.265. The third-order valence-electron chi connectivity index (χ3n) is 4.45. The van der Waals surface area contributed by atoms with Gasteiger partial charge in [0, 0.05) is 22.3 Å². The fourth-order valence-electron chi connectivity index (χ4n) is 2.98. The van der Waals surface area contributed by atoms with Crippen LogP contribution in [-0.2, 0) is 0 Å². The van der Waals surface area contributed by atoms with Crippen LogP contribution < -0.4 is 4.74 Å². The molecule has 1 unspecified atom stereocenters. The molecule has 0 fully saturated rings. The summed E-state index contributed by atoms with van der Waals surface area (Å²) in [6.07, 6.45) is 1.76. The van der Waals surface area contributed by atoms with Gasteiger partial charge in [-0.2, -0.15) is 12.6 Å². The average Bonchev–Trinajstić information content (AvgIpc) is 3.20. The molecule has 0 saturated carbocycles. The Hall–Kier alpha value is -2.76. The number of rotatable bonds is 5. The first-order valence-electron chi connectivity index (χ1n) is 8.75. The van der Waals surface area contributed by atoms with Crippen molar-refractivity contribution in [1.82, 2.24) is 15.0 Å². The number of aromatic amines is 1. The Balaban J connectivity index is 1.82. The van der Waals surface area contributed by atoms with E-state index in [1.54, 1.807) is 13.3 Å². The van der Waals surface area contributed by atoms with Gasteiger partial charge in [0.1, 0.15) is 16.8 Å². The Kier molecular flexibility index (Phi) is 5.37. The molecule has 0 aliphatic rings. The molecule has 28 heavy (non-hydrogen) atoms. The third kappa shape index (κ3) is 3.77. The molecule has 0 amide bonds. The first-order chi connectivity index (χ1) is 13.7. The normalized spacial score (nSPS) is 12.0. The van der Waals surface area contributed by atoms with Crippen molar-refractivity contribution in [2.45, 2.75) is 5.25 Å². The van der Waals surface area contributed by atoms with Crippen LogP contribution in [0.15, 0.2) is 72.9 Å². The Morgan fingerprint density at radius 2 is 1.68 bits per heavy atom. The molecular weight excluding hydrogens is 390 g/mol. The number of thiol groups is 1. The zero-order valence-electron chi connectivity index (χ0n) is 15.1. The van der Waals surface area contributed by atoms with Crippen molar-refractivity contribution < 1.29 is 4.74 Å². The van der Waals surface area contributed by atoms with Gasteiger partial charge in [-0.3, -0.25) is 4.98 Å². The van der Waals surface area contributed by atoms with Gasteiger partial charge >= 0.3 is 0 Å². The Morgan fingerprint density at radius 3 is 2.32 bits per heavy atom. The van der Waals surface area contributed by atoms with Crippen LogP contribution in [0.25, 0.3) is 22.5 Å². The molecule has 0 spiro atoms. The first-order valence-corrected chi connectivity index (χ1v) is 9.64. The maximum absolute atomic E-state index is 6.06. The van der Waals surface area contributed by atoms with Crippen molar-refractivity contribution in [3.63, 3.8) is 0 Å². The van der Waals surface area contributed by atoms with Gasteiger partial charge in [0.25, 0.3) is 0 Å². The number of methoxy groups -OCH3 is 1. The molecule has 6 heteroatoms. The summed E-state index contributed by atoms with van der Waals surface area (Å²) in [5.74, 6) is 1.54. The van der Waals surface area contributed by atoms with Crippen molar-refractivity contribution in [1.29, 1.82) is 0 Å². The van der Waals surface area contributed by atoms with Gasteiger partial charge in [-0.25, -0.2) is 4.98 Å². The van der Waals surface area contributed by atoms with E-state index in [-0.39, 0.29) is 5.25 Å². The molecular formula is C22H18ClN3OS. The van der Waals surface area contributed by atoms with Crippen molar-refractivity contribution >= 4 is 24.2 Å². The number of benzene rings is 2. The van der Waals surface area contributed by atoms with Gasteiger partial charge in [-0.15, -0.1) is 0 Å². The van der Waals surface area contributed by atoms with Gasteiger partial charge in [0.15, 0.2) is 0 Å². The lowest BCUT2D eigenvalue weighted by atomic mass is 10.1. The molecule has 0 saturated heterocycles. The van der Waals surface area contributed by atoms with Crippen LogP contribution in [0.2, 0.25) is 5.02 Å². The number of hydrogen-bond acceptors (Lipinski definition) is 4. The predicted octanol–water partition coefficient (Wildman–Crippen LogP) is 5.82. The number of aromatic nitrogens is 3. The summed E-state index contributed by atoms with van der Waals surface area (Å²) < 4.78 is 5.27. The lowest BCUT2D eigenvalue weighted by Crippen LogP contribution is -1.98. The molecule has 4 rings (SSSR count). The van der Waals surface area contributed by atoms with Crippen LogP contribution in [0.1, 0.15) is 16.8 Å². The number of nitrogens with one attached hydrogen (secondary N) is 1. The van der Waals surface area contributed by atoms with E-state index in [4.69, 9.17) is 34.0 Å². The summed E-state index contributed by atoms with van der Waals surface area (Å²) in [5.41, 5.74) is 4.57. The number of pyridine rings is 1. The molecule has 1 N–H and O–H groups in total. The molecule has 2 aromatic heterocycles. The number of hydrogen-bond donors (Lipinski definition) is 2. The lowest BCUT2D eigenvalue weighted by molar-refractivity contribution is 0.415. The molecule has 0 aliphatic heterocycles. The smallest absolute Gasteiger partial charge is 0.126 e. The van der Waals surface area contributed by atoms with Gasteiger partial charge in [-0.1, -0.05) is 29.8 Å². The van der Waals surface area contributed by atoms with Gasteiger partial charge in [-0.05, 0) is 48.5 Å². The second kappa shape index (κ2) is 8.09. The molecule has 1 atom stereocenters. The molecule has 4 aromatic rings. The summed E-state index contributed by atoms with van der Waals surface area (Å²) in [6, 6.07) is 21.3. The van der Waals surface area contributed by atoms with E-state index in [1.807, 2.05) is 66.7 Å². The van der Waals surface area contributed by atoms with Crippen molar-refractivity contribution in [3.8, 4) is 28.3 Å². The number of ether oxygens (including phenoxy) is 1. The van der Waals surface area contributed by atoms with Crippen LogP contribution in [0.4, 0.5) is 0 Å². The van der Waals surface area contributed by atoms with E-state index in [2.05, 4.69) is 9.97 Å². The highest BCUT2D eigenvalue weighted by atomic mass is 35.5. The maximum Gasteiger partial charge on any atom is 0.126 e. The number of nitrogens with zero attached hydrogens (tertiary/aromatic N) is 2. The minimum absolute atomic E-state index is 0.265. The molecule has 4 nitrogen and oxygen atoms in total. The number of halogens is 1. The summed E-state index contributed by atoms with van der Waals surface area (Å²) >= 11 is 10.8. The van der Waals surface area contributed by atoms with Crippen molar-refractivity contribution in [3.05, 3.63) is 89.5 Å². The summed E-state index contributed by atoms with van der Waals surface area (Å²) in [6.45, 7) is 0. The van der Waals surface area contributed by atoms with Crippen LogP contribution in [-0.4, -0.2) is 22.1 Å². The molecule has 0 bridgehead atoms. The monoisotopic (exact) mass is 407 g/mol. The van der Waals surface area contributed by atoms with E-state index < -0.39 is 0 Å². The standard InChI is InChI=1S/C22H18ClN3OS/c1-27-17-11-7-15(8-12-17)20-19(14-5-9-16(23)10-6-14)25-22(26-20)21(28)18-4-2-3-13-24-18/h2-13,21,28H,1H3,(H,25,26). The first kappa shape index (κ1) is 18.6. The largest absolute Gasteiger partial charge is 0.497 e.